The number of rotatable bonds is 3. The second-order valence-corrected chi connectivity index (χ2v) is 5.02. The first kappa shape index (κ1) is 13.5. The van der Waals surface area contributed by atoms with Gasteiger partial charge in [-0.15, -0.1) is 0 Å². The van der Waals surface area contributed by atoms with E-state index in [4.69, 9.17) is 4.74 Å². The zero-order valence-electron chi connectivity index (χ0n) is 12.0. The van der Waals surface area contributed by atoms with Gasteiger partial charge < -0.3 is 15.4 Å². The van der Waals surface area contributed by atoms with Crippen LogP contribution in [0.15, 0.2) is 42.5 Å². The summed E-state index contributed by atoms with van der Waals surface area (Å²) in [6.07, 6.45) is 2.11. The predicted octanol–water partition coefficient (Wildman–Crippen LogP) is 3.31. The minimum atomic E-state index is -0.120. The molecular formula is C17H18N2O2. The summed E-state index contributed by atoms with van der Waals surface area (Å²) in [6.45, 7) is 0.909. The van der Waals surface area contributed by atoms with E-state index in [-0.39, 0.29) is 5.91 Å². The van der Waals surface area contributed by atoms with Gasteiger partial charge in [-0.1, -0.05) is 24.3 Å². The molecule has 0 saturated heterocycles. The first-order chi connectivity index (χ1) is 10.3. The van der Waals surface area contributed by atoms with Crippen molar-refractivity contribution in [1.29, 1.82) is 0 Å². The average Bonchev–Trinajstić information content (AvgIpc) is 2.54. The van der Waals surface area contributed by atoms with Gasteiger partial charge in [-0.2, -0.15) is 0 Å². The van der Waals surface area contributed by atoms with E-state index in [1.807, 2.05) is 36.4 Å². The van der Waals surface area contributed by atoms with E-state index in [0.717, 1.165) is 25.1 Å². The second-order valence-electron chi connectivity index (χ2n) is 5.02. The van der Waals surface area contributed by atoms with Crippen LogP contribution in [-0.4, -0.2) is 19.6 Å². The Bertz CT molecular complexity index is 668. The van der Waals surface area contributed by atoms with Gasteiger partial charge in [0.25, 0.3) is 5.91 Å². The first-order valence-corrected chi connectivity index (χ1v) is 7.09. The molecule has 4 nitrogen and oxygen atoms in total. The van der Waals surface area contributed by atoms with Gasteiger partial charge in [0, 0.05) is 6.54 Å². The molecule has 1 aliphatic rings. The van der Waals surface area contributed by atoms with Crippen LogP contribution in [0.5, 0.6) is 5.75 Å². The van der Waals surface area contributed by atoms with E-state index in [2.05, 4.69) is 16.7 Å². The van der Waals surface area contributed by atoms with Gasteiger partial charge in [-0.25, -0.2) is 0 Å². The highest BCUT2D eigenvalue weighted by molar-refractivity contribution is 6.09. The monoisotopic (exact) mass is 282 g/mol. The third-order valence-electron chi connectivity index (χ3n) is 3.68. The third-order valence-corrected chi connectivity index (χ3v) is 3.68. The van der Waals surface area contributed by atoms with E-state index in [1.54, 1.807) is 7.11 Å². The van der Waals surface area contributed by atoms with E-state index in [1.165, 1.54) is 5.56 Å². The SMILES string of the molecule is COc1ccccc1NC(=O)c1cccc2c1NCCC2. The van der Waals surface area contributed by atoms with Gasteiger partial charge in [-0.05, 0) is 36.6 Å². The average molecular weight is 282 g/mol. The van der Waals surface area contributed by atoms with Crippen LogP contribution in [0.2, 0.25) is 0 Å². The minimum absolute atomic E-state index is 0.120. The molecule has 1 aliphatic heterocycles. The molecule has 2 aromatic rings. The van der Waals surface area contributed by atoms with Crippen molar-refractivity contribution in [2.24, 2.45) is 0 Å². The summed E-state index contributed by atoms with van der Waals surface area (Å²) < 4.78 is 5.26. The molecule has 0 fully saturated rings. The van der Waals surface area contributed by atoms with Gasteiger partial charge in [0.05, 0.1) is 24.0 Å². The number of amides is 1. The van der Waals surface area contributed by atoms with Crippen LogP contribution in [0.25, 0.3) is 0 Å². The Hall–Kier alpha value is -2.49. The molecule has 21 heavy (non-hydrogen) atoms. The number of hydrogen-bond acceptors (Lipinski definition) is 3. The fourth-order valence-electron chi connectivity index (χ4n) is 2.64. The molecule has 1 heterocycles. The predicted molar refractivity (Wildman–Crippen MR) is 84.2 cm³/mol. The fraction of sp³-hybridized carbons (Fsp3) is 0.235. The van der Waals surface area contributed by atoms with Crippen molar-refractivity contribution in [1.82, 2.24) is 0 Å². The Labute approximate surface area is 124 Å². The Kier molecular flexibility index (Phi) is 3.77. The fourth-order valence-corrected chi connectivity index (χ4v) is 2.64. The molecule has 1 amide bonds. The molecule has 0 unspecified atom stereocenters. The number of fused-ring (bicyclic) bond motifs is 1. The summed E-state index contributed by atoms with van der Waals surface area (Å²) in [5.41, 5.74) is 3.52. The Morgan fingerprint density at radius 1 is 1.19 bits per heavy atom. The van der Waals surface area contributed by atoms with Gasteiger partial charge >= 0.3 is 0 Å². The molecule has 0 saturated carbocycles. The maximum atomic E-state index is 12.5. The lowest BCUT2D eigenvalue weighted by Gasteiger charge is -2.21. The van der Waals surface area contributed by atoms with Crippen LogP contribution >= 0.6 is 0 Å². The van der Waals surface area contributed by atoms with Crippen molar-refractivity contribution in [2.45, 2.75) is 12.8 Å². The highest BCUT2D eigenvalue weighted by Gasteiger charge is 2.18. The van der Waals surface area contributed by atoms with Crippen molar-refractivity contribution in [3.05, 3.63) is 53.6 Å². The van der Waals surface area contributed by atoms with Crippen LogP contribution < -0.4 is 15.4 Å². The molecule has 2 N–H and O–H groups in total. The van der Waals surface area contributed by atoms with Crippen LogP contribution in [0, 0.1) is 0 Å². The van der Waals surface area contributed by atoms with Crippen LogP contribution in [0.3, 0.4) is 0 Å². The standard InChI is InChI=1S/C17H18N2O2/c1-21-15-10-3-2-9-14(15)19-17(20)13-8-4-6-12-7-5-11-18-16(12)13/h2-4,6,8-10,18H,5,7,11H2,1H3,(H,19,20). The van der Waals surface area contributed by atoms with Gasteiger partial charge in [-0.3, -0.25) is 4.79 Å². The van der Waals surface area contributed by atoms with Gasteiger partial charge in [0.15, 0.2) is 0 Å². The lowest BCUT2D eigenvalue weighted by Crippen LogP contribution is -2.19. The highest BCUT2D eigenvalue weighted by atomic mass is 16.5. The van der Waals surface area contributed by atoms with Gasteiger partial charge in [0.2, 0.25) is 0 Å². The summed E-state index contributed by atoms with van der Waals surface area (Å²) >= 11 is 0. The number of methoxy groups -OCH3 is 1. The molecule has 3 rings (SSSR count). The van der Waals surface area contributed by atoms with E-state index < -0.39 is 0 Å². The summed E-state index contributed by atoms with van der Waals surface area (Å²) in [5.74, 6) is 0.536. The van der Waals surface area contributed by atoms with E-state index in [0.29, 0.717) is 17.0 Å². The number of anilines is 2. The van der Waals surface area contributed by atoms with Crippen molar-refractivity contribution < 1.29 is 9.53 Å². The molecule has 108 valence electrons. The number of benzene rings is 2. The number of ether oxygens (including phenoxy) is 1. The van der Waals surface area contributed by atoms with E-state index >= 15 is 0 Å². The van der Waals surface area contributed by atoms with Gasteiger partial charge in [0.1, 0.15) is 5.75 Å². The molecule has 0 bridgehead atoms. The summed E-state index contributed by atoms with van der Waals surface area (Å²) in [7, 11) is 1.59. The molecule has 0 aliphatic carbocycles. The number of hydrogen-bond donors (Lipinski definition) is 2. The summed E-state index contributed by atoms with van der Waals surface area (Å²) in [4.78, 5) is 12.5. The first-order valence-electron chi connectivity index (χ1n) is 7.09. The molecule has 0 atom stereocenters. The molecule has 0 spiro atoms. The topological polar surface area (TPSA) is 50.4 Å². The second kappa shape index (κ2) is 5.87. The van der Waals surface area contributed by atoms with Crippen molar-refractivity contribution in [2.75, 3.05) is 24.3 Å². The summed E-state index contributed by atoms with van der Waals surface area (Å²) in [5, 5.41) is 6.26. The number of para-hydroxylation sites is 3. The van der Waals surface area contributed by atoms with Crippen molar-refractivity contribution >= 4 is 17.3 Å². The normalized spacial score (nSPS) is 13.0. The zero-order chi connectivity index (χ0) is 14.7. The lowest BCUT2D eigenvalue weighted by molar-refractivity contribution is 0.102. The molecule has 0 aromatic heterocycles. The van der Waals surface area contributed by atoms with Crippen LogP contribution in [0.1, 0.15) is 22.3 Å². The van der Waals surface area contributed by atoms with Crippen LogP contribution in [0.4, 0.5) is 11.4 Å². The molecule has 4 heteroatoms. The van der Waals surface area contributed by atoms with Crippen LogP contribution in [-0.2, 0) is 6.42 Å². The van der Waals surface area contributed by atoms with Crippen molar-refractivity contribution in [3.63, 3.8) is 0 Å². The maximum Gasteiger partial charge on any atom is 0.257 e. The molecule has 2 aromatic carbocycles. The smallest absolute Gasteiger partial charge is 0.257 e. The number of carbonyl (C=O) groups is 1. The van der Waals surface area contributed by atoms with E-state index in [9.17, 15) is 4.79 Å². The largest absolute Gasteiger partial charge is 0.495 e. The third kappa shape index (κ3) is 2.70. The highest BCUT2D eigenvalue weighted by Crippen LogP contribution is 2.28. The molecule has 0 radical (unpaired) electrons. The number of carbonyl (C=O) groups excluding carboxylic acids is 1. The number of nitrogens with one attached hydrogen (secondary N) is 2. The lowest BCUT2D eigenvalue weighted by atomic mass is 9.99. The minimum Gasteiger partial charge on any atom is -0.495 e. The molecular weight excluding hydrogens is 264 g/mol. The Morgan fingerprint density at radius 3 is 2.90 bits per heavy atom. The number of aryl methyl sites for hydroxylation is 1. The Morgan fingerprint density at radius 2 is 2.05 bits per heavy atom. The Balaban J connectivity index is 1.89. The quantitative estimate of drug-likeness (QED) is 0.908. The zero-order valence-corrected chi connectivity index (χ0v) is 12.0. The van der Waals surface area contributed by atoms with Crippen molar-refractivity contribution in [3.8, 4) is 5.75 Å². The summed E-state index contributed by atoms with van der Waals surface area (Å²) in [6, 6.07) is 13.3. The maximum absolute atomic E-state index is 12.5.